The number of hydrogen-bond acceptors (Lipinski definition) is 3. The second-order valence-corrected chi connectivity index (χ2v) is 7.54. The van der Waals surface area contributed by atoms with Gasteiger partial charge < -0.3 is 4.90 Å². The summed E-state index contributed by atoms with van der Waals surface area (Å²) in [4.78, 5) is 14.7. The van der Waals surface area contributed by atoms with Gasteiger partial charge in [0.2, 0.25) is 0 Å². The zero-order valence-corrected chi connectivity index (χ0v) is 15.0. The monoisotopic (exact) mass is 358 g/mol. The van der Waals surface area contributed by atoms with Crippen molar-refractivity contribution in [2.45, 2.75) is 50.5 Å². The summed E-state index contributed by atoms with van der Waals surface area (Å²) < 4.78 is 1.90. The fourth-order valence-corrected chi connectivity index (χ4v) is 4.36. The van der Waals surface area contributed by atoms with E-state index in [1.54, 1.807) is 0 Å². The summed E-state index contributed by atoms with van der Waals surface area (Å²) in [5, 5.41) is 9.15. The number of aromatic nitrogens is 3. The van der Waals surface area contributed by atoms with Crippen molar-refractivity contribution in [1.29, 1.82) is 0 Å². The Hall–Kier alpha value is -1.88. The zero-order chi connectivity index (χ0) is 17.2. The van der Waals surface area contributed by atoms with Crippen LogP contribution in [0.5, 0.6) is 0 Å². The summed E-state index contributed by atoms with van der Waals surface area (Å²) in [7, 11) is 0. The molecule has 0 bridgehead atoms. The van der Waals surface area contributed by atoms with Gasteiger partial charge in [-0.1, -0.05) is 54.3 Å². The van der Waals surface area contributed by atoms with Gasteiger partial charge in [0.1, 0.15) is 0 Å². The number of carbonyl (C=O) groups excluding carboxylic acids is 1. The van der Waals surface area contributed by atoms with Crippen LogP contribution in [0.2, 0.25) is 5.02 Å². The minimum absolute atomic E-state index is 0.0170. The van der Waals surface area contributed by atoms with E-state index in [9.17, 15) is 4.79 Å². The molecule has 1 aliphatic carbocycles. The minimum atomic E-state index is -0.0170. The number of hydrogen-bond donors (Lipinski definition) is 0. The van der Waals surface area contributed by atoms with E-state index in [4.69, 9.17) is 11.6 Å². The van der Waals surface area contributed by atoms with Gasteiger partial charge in [-0.2, -0.15) is 0 Å². The third-order valence-electron chi connectivity index (χ3n) is 5.50. The van der Waals surface area contributed by atoms with Crippen LogP contribution in [-0.4, -0.2) is 38.9 Å². The van der Waals surface area contributed by atoms with Crippen molar-refractivity contribution in [3.63, 3.8) is 0 Å². The maximum Gasteiger partial charge on any atom is 0.276 e. The van der Waals surface area contributed by atoms with E-state index >= 15 is 0 Å². The van der Waals surface area contributed by atoms with Gasteiger partial charge in [-0.25, -0.2) is 4.68 Å². The van der Waals surface area contributed by atoms with E-state index in [1.165, 1.54) is 19.3 Å². The highest BCUT2D eigenvalue weighted by Gasteiger charge is 2.30. The van der Waals surface area contributed by atoms with Crippen LogP contribution in [0, 0.1) is 0 Å². The van der Waals surface area contributed by atoms with Crippen LogP contribution in [0.4, 0.5) is 0 Å². The lowest BCUT2D eigenvalue weighted by molar-refractivity contribution is 0.0785. The van der Waals surface area contributed by atoms with Gasteiger partial charge in [0.05, 0.1) is 12.2 Å². The molecule has 2 fully saturated rings. The van der Waals surface area contributed by atoms with Gasteiger partial charge in [0.25, 0.3) is 5.91 Å². The summed E-state index contributed by atoms with van der Waals surface area (Å²) in [6.45, 7) is 1.43. The molecule has 1 saturated heterocycles. The first kappa shape index (κ1) is 16.6. The zero-order valence-electron chi connectivity index (χ0n) is 14.3. The highest BCUT2D eigenvalue weighted by atomic mass is 35.5. The second-order valence-electron chi connectivity index (χ2n) is 7.13. The Morgan fingerprint density at radius 1 is 1.12 bits per heavy atom. The Morgan fingerprint density at radius 2 is 1.92 bits per heavy atom. The number of nitrogens with zero attached hydrogens (tertiary/aromatic N) is 4. The highest BCUT2D eigenvalue weighted by molar-refractivity contribution is 6.31. The number of halogens is 1. The van der Waals surface area contributed by atoms with Crippen LogP contribution in [0.25, 0.3) is 0 Å². The Kier molecular flexibility index (Phi) is 4.75. The topological polar surface area (TPSA) is 51.0 Å². The molecule has 0 radical (unpaired) electrons. The molecule has 6 heteroatoms. The first-order valence-corrected chi connectivity index (χ1v) is 9.55. The molecule has 2 aliphatic rings. The van der Waals surface area contributed by atoms with Crippen molar-refractivity contribution >= 4 is 17.5 Å². The van der Waals surface area contributed by atoms with Crippen molar-refractivity contribution in [3.05, 3.63) is 46.7 Å². The van der Waals surface area contributed by atoms with E-state index in [0.29, 0.717) is 24.2 Å². The molecular weight excluding hydrogens is 336 g/mol. The third-order valence-corrected chi connectivity index (χ3v) is 5.84. The smallest absolute Gasteiger partial charge is 0.276 e. The van der Waals surface area contributed by atoms with Crippen LogP contribution < -0.4 is 0 Å². The van der Waals surface area contributed by atoms with Crippen LogP contribution >= 0.6 is 11.6 Å². The van der Waals surface area contributed by atoms with Crippen molar-refractivity contribution in [2.24, 2.45) is 0 Å². The molecule has 0 N–H and O–H groups in total. The number of carbonyl (C=O) groups is 1. The van der Waals surface area contributed by atoms with Gasteiger partial charge in [0, 0.05) is 24.0 Å². The molecule has 1 atom stereocenters. The molecule has 25 heavy (non-hydrogen) atoms. The Balaban J connectivity index is 1.43. The molecule has 4 rings (SSSR count). The number of amides is 1. The maximum absolute atomic E-state index is 12.8. The Labute approximate surface area is 153 Å². The summed E-state index contributed by atoms with van der Waals surface area (Å²) in [6, 6.07) is 8.31. The summed E-state index contributed by atoms with van der Waals surface area (Å²) in [6.07, 6.45) is 8.81. The van der Waals surface area contributed by atoms with Crippen molar-refractivity contribution in [3.8, 4) is 0 Å². The van der Waals surface area contributed by atoms with Crippen LogP contribution in [-0.2, 0) is 0 Å². The minimum Gasteiger partial charge on any atom is -0.337 e. The third kappa shape index (κ3) is 3.43. The molecule has 132 valence electrons. The normalized spacial score (nSPS) is 21.6. The van der Waals surface area contributed by atoms with Crippen LogP contribution in [0.1, 0.15) is 66.5 Å². The summed E-state index contributed by atoms with van der Waals surface area (Å²) in [5.41, 5.74) is 1.59. The Bertz CT molecular complexity index is 753. The maximum atomic E-state index is 12.8. The first-order chi connectivity index (χ1) is 12.2. The summed E-state index contributed by atoms with van der Waals surface area (Å²) >= 11 is 6.31. The van der Waals surface area contributed by atoms with E-state index in [0.717, 1.165) is 36.4 Å². The van der Waals surface area contributed by atoms with Gasteiger partial charge in [-0.05, 0) is 30.9 Å². The molecule has 2 aromatic rings. The predicted molar refractivity (Wildman–Crippen MR) is 96.9 cm³/mol. The molecule has 2 heterocycles. The molecule has 5 nitrogen and oxygen atoms in total. The quantitative estimate of drug-likeness (QED) is 0.831. The largest absolute Gasteiger partial charge is 0.337 e. The second kappa shape index (κ2) is 7.16. The van der Waals surface area contributed by atoms with Gasteiger partial charge in [-0.15, -0.1) is 5.10 Å². The average molecular weight is 359 g/mol. The van der Waals surface area contributed by atoms with E-state index in [-0.39, 0.29) is 5.91 Å². The van der Waals surface area contributed by atoms with Gasteiger partial charge in [-0.3, -0.25) is 4.79 Å². The lowest BCUT2D eigenvalue weighted by Gasteiger charge is -2.21. The Morgan fingerprint density at radius 3 is 2.72 bits per heavy atom. The molecule has 0 spiro atoms. The number of likely N-dealkylation sites (tertiary alicyclic amines) is 1. The SMILES string of the molecule is O=C(c1cn(C2CCCCC2)nn1)N1CC[C@@H](c2ccccc2Cl)C1. The standard InChI is InChI=1S/C19H23ClN4O/c20-17-9-5-4-8-16(17)14-10-11-23(12-14)19(25)18-13-24(22-21-18)15-6-2-1-3-7-15/h4-5,8-9,13-15H,1-3,6-7,10-12H2/t14-/m1/s1. The van der Waals surface area contributed by atoms with E-state index < -0.39 is 0 Å². The fraction of sp³-hybridized carbons (Fsp3) is 0.526. The fourth-order valence-electron chi connectivity index (χ4n) is 4.07. The van der Waals surface area contributed by atoms with Crippen molar-refractivity contribution in [2.75, 3.05) is 13.1 Å². The molecule has 1 aliphatic heterocycles. The lowest BCUT2D eigenvalue weighted by atomic mass is 9.96. The van der Waals surface area contributed by atoms with Gasteiger partial charge >= 0.3 is 0 Å². The van der Waals surface area contributed by atoms with E-state index in [1.807, 2.05) is 34.0 Å². The highest BCUT2D eigenvalue weighted by Crippen LogP contribution is 2.32. The number of rotatable bonds is 3. The van der Waals surface area contributed by atoms with Crippen molar-refractivity contribution < 1.29 is 4.79 Å². The molecule has 1 saturated carbocycles. The molecule has 0 unspecified atom stereocenters. The molecule has 1 aromatic heterocycles. The van der Waals surface area contributed by atoms with Gasteiger partial charge in [0.15, 0.2) is 5.69 Å². The van der Waals surface area contributed by atoms with Crippen LogP contribution in [0.15, 0.2) is 30.5 Å². The number of benzene rings is 1. The molecule has 1 amide bonds. The molecule has 1 aromatic carbocycles. The van der Waals surface area contributed by atoms with Crippen LogP contribution in [0.3, 0.4) is 0 Å². The van der Waals surface area contributed by atoms with E-state index in [2.05, 4.69) is 16.4 Å². The first-order valence-electron chi connectivity index (χ1n) is 9.18. The summed E-state index contributed by atoms with van der Waals surface area (Å²) in [5.74, 6) is 0.280. The molecular formula is C19H23ClN4O. The average Bonchev–Trinajstić information content (AvgIpc) is 3.32. The van der Waals surface area contributed by atoms with Crippen molar-refractivity contribution in [1.82, 2.24) is 19.9 Å². The lowest BCUT2D eigenvalue weighted by Crippen LogP contribution is -2.28. The predicted octanol–water partition coefficient (Wildman–Crippen LogP) is 4.07.